The Kier molecular flexibility index (Phi) is 5.72. The van der Waals surface area contributed by atoms with Crippen LogP contribution in [0.4, 0.5) is 0 Å². The molecular formula is C12H15Cl2NO3. The molecule has 1 aromatic carbocycles. The van der Waals surface area contributed by atoms with Crippen LogP contribution in [-0.4, -0.2) is 30.8 Å². The summed E-state index contributed by atoms with van der Waals surface area (Å²) in [5, 5.41) is 12.1. The topological polar surface area (TPSA) is 58.6 Å². The quantitative estimate of drug-likeness (QED) is 0.876. The van der Waals surface area contributed by atoms with Gasteiger partial charge in [0, 0.05) is 18.2 Å². The Morgan fingerprint density at radius 2 is 2.00 bits per heavy atom. The van der Waals surface area contributed by atoms with Crippen LogP contribution in [0, 0.1) is 0 Å². The second-order valence-corrected chi connectivity index (χ2v) is 4.67. The van der Waals surface area contributed by atoms with Crippen LogP contribution in [0.5, 0.6) is 5.75 Å². The monoisotopic (exact) mass is 291 g/mol. The van der Waals surface area contributed by atoms with E-state index in [9.17, 15) is 4.79 Å². The molecule has 1 unspecified atom stereocenters. The number of amides is 1. The summed E-state index contributed by atoms with van der Waals surface area (Å²) in [6.45, 7) is 1.83. The molecule has 0 heterocycles. The van der Waals surface area contributed by atoms with Gasteiger partial charge in [-0.3, -0.25) is 4.79 Å². The molecule has 1 rings (SSSR count). The fourth-order valence-corrected chi connectivity index (χ4v) is 2.10. The Balaban J connectivity index is 2.87. The van der Waals surface area contributed by atoms with Crippen LogP contribution in [-0.2, 0) is 0 Å². The molecule has 0 aliphatic carbocycles. The van der Waals surface area contributed by atoms with Crippen molar-refractivity contribution >= 4 is 29.1 Å². The van der Waals surface area contributed by atoms with Crippen LogP contribution < -0.4 is 10.1 Å². The summed E-state index contributed by atoms with van der Waals surface area (Å²) in [6.07, 6.45) is 0.489. The molecular weight excluding hydrogens is 277 g/mol. The van der Waals surface area contributed by atoms with Crippen molar-refractivity contribution in [1.82, 2.24) is 5.32 Å². The molecule has 0 spiro atoms. The molecule has 4 nitrogen and oxygen atoms in total. The van der Waals surface area contributed by atoms with Crippen LogP contribution in [0.2, 0.25) is 10.0 Å². The lowest BCUT2D eigenvalue weighted by Crippen LogP contribution is -2.33. The zero-order chi connectivity index (χ0) is 13.7. The maximum Gasteiger partial charge on any atom is 0.251 e. The smallest absolute Gasteiger partial charge is 0.251 e. The number of hydrogen-bond donors (Lipinski definition) is 2. The predicted molar refractivity (Wildman–Crippen MR) is 71.6 cm³/mol. The predicted octanol–water partition coefficient (Wildman–Crippen LogP) is 2.50. The highest BCUT2D eigenvalue weighted by Crippen LogP contribution is 2.33. The van der Waals surface area contributed by atoms with Gasteiger partial charge in [-0.2, -0.15) is 0 Å². The first-order valence-corrected chi connectivity index (χ1v) is 6.20. The van der Waals surface area contributed by atoms with Gasteiger partial charge in [0.2, 0.25) is 0 Å². The van der Waals surface area contributed by atoms with E-state index in [1.165, 1.54) is 19.2 Å². The molecule has 0 bridgehead atoms. The summed E-state index contributed by atoms with van der Waals surface area (Å²) in [6, 6.07) is 2.86. The first-order chi connectivity index (χ1) is 8.49. The zero-order valence-electron chi connectivity index (χ0n) is 10.2. The van der Waals surface area contributed by atoms with E-state index < -0.39 is 0 Å². The second kappa shape index (κ2) is 6.83. The molecule has 0 aliphatic rings. The number of hydrogen-bond acceptors (Lipinski definition) is 3. The van der Waals surface area contributed by atoms with E-state index in [0.29, 0.717) is 17.7 Å². The number of benzene rings is 1. The van der Waals surface area contributed by atoms with Crippen LogP contribution in [0.25, 0.3) is 0 Å². The first-order valence-electron chi connectivity index (χ1n) is 5.44. The van der Waals surface area contributed by atoms with Gasteiger partial charge in [-0.1, -0.05) is 23.2 Å². The van der Waals surface area contributed by atoms with Crippen LogP contribution >= 0.6 is 23.2 Å². The van der Waals surface area contributed by atoms with E-state index in [2.05, 4.69) is 5.32 Å². The molecule has 1 amide bonds. The van der Waals surface area contributed by atoms with Gasteiger partial charge in [0.15, 0.2) is 5.75 Å². The van der Waals surface area contributed by atoms with Gasteiger partial charge < -0.3 is 15.2 Å². The molecule has 0 saturated carbocycles. The lowest BCUT2D eigenvalue weighted by molar-refractivity contribution is 0.0934. The maximum absolute atomic E-state index is 11.9. The fourth-order valence-electron chi connectivity index (χ4n) is 1.46. The Morgan fingerprint density at radius 3 is 2.44 bits per heavy atom. The van der Waals surface area contributed by atoms with Crippen molar-refractivity contribution in [3.63, 3.8) is 0 Å². The van der Waals surface area contributed by atoms with Crippen LogP contribution in [0.15, 0.2) is 12.1 Å². The highest BCUT2D eigenvalue weighted by Gasteiger charge is 2.14. The number of rotatable bonds is 5. The molecule has 6 heteroatoms. The molecule has 0 aliphatic heterocycles. The summed E-state index contributed by atoms with van der Waals surface area (Å²) in [5.41, 5.74) is 0.357. The van der Waals surface area contributed by atoms with E-state index in [1.807, 2.05) is 0 Å². The van der Waals surface area contributed by atoms with Gasteiger partial charge in [-0.25, -0.2) is 0 Å². The van der Waals surface area contributed by atoms with Crippen molar-refractivity contribution < 1.29 is 14.6 Å². The third-order valence-electron chi connectivity index (χ3n) is 2.40. The summed E-state index contributed by atoms with van der Waals surface area (Å²) in [7, 11) is 1.45. The van der Waals surface area contributed by atoms with E-state index in [-0.39, 0.29) is 28.6 Å². The Hall–Kier alpha value is -0.970. The Bertz CT molecular complexity index is 414. The molecule has 1 aromatic rings. The van der Waals surface area contributed by atoms with Gasteiger partial charge >= 0.3 is 0 Å². The zero-order valence-corrected chi connectivity index (χ0v) is 11.7. The number of aliphatic hydroxyl groups is 1. The van der Waals surface area contributed by atoms with Crippen molar-refractivity contribution in [3.8, 4) is 5.75 Å². The highest BCUT2D eigenvalue weighted by molar-refractivity contribution is 6.37. The summed E-state index contributed by atoms with van der Waals surface area (Å²) < 4.78 is 5.00. The average Bonchev–Trinajstić information content (AvgIpc) is 2.28. The number of aliphatic hydroxyl groups excluding tert-OH is 1. The van der Waals surface area contributed by atoms with Crippen molar-refractivity contribution in [1.29, 1.82) is 0 Å². The number of halogens is 2. The number of ether oxygens (including phenoxy) is 1. The maximum atomic E-state index is 11.9. The SMILES string of the molecule is COc1c(Cl)cc(C(=O)NC(C)CCO)cc1Cl. The van der Waals surface area contributed by atoms with Gasteiger partial charge in [-0.05, 0) is 25.5 Å². The molecule has 0 saturated heterocycles. The van der Waals surface area contributed by atoms with E-state index in [1.54, 1.807) is 6.92 Å². The summed E-state index contributed by atoms with van der Waals surface area (Å²) in [4.78, 5) is 11.9. The third-order valence-corrected chi connectivity index (χ3v) is 2.97. The summed E-state index contributed by atoms with van der Waals surface area (Å²) >= 11 is 11.9. The molecule has 2 N–H and O–H groups in total. The van der Waals surface area contributed by atoms with Crippen molar-refractivity contribution in [2.75, 3.05) is 13.7 Å². The number of carbonyl (C=O) groups excluding carboxylic acids is 1. The molecule has 18 heavy (non-hydrogen) atoms. The molecule has 0 aromatic heterocycles. The molecule has 100 valence electrons. The van der Waals surface area contributed by atoms with Crippen molar-refractivity contribution in [2.24, 2.45) is 0 Å². The normalized spacial score (nSPS) is 12.1. The van der Waals surface area contributed by atoms with Gasteiger partial charge in [0.25, 0.3) is 5.91 Å². The van der Waals surface area contributed by atoms with Crippen molar-refractivity contribution in [2.45, 2.75) is 19.4 Å². The second-order valence-electron chi connectivity index (χ2n) is 3.86. The van der Waals surface area contributed by atoms with E-state index in [4.69, 9.17) is 33.0 Å². The molecule has 0 fully saturated rings. The van der Waals surface area contributed by atoms with Crippen molar-refractivity contribution in [3.05, 3.63) is 27.7 Å². The number of nitrogens with one attached hydrogen (secondary N) is 1. The highest BCUT2D eigenvalue weighted by atomic mass is 35.5. The minimum Gasteiger partial charge on any atom is -0.494 e. The van der Waals surface area contributed by atoms with E-state index >= 15 is 0 Å². The van der Waals surface area contributed by atoms with Gasteiger partial charge in [0.1, 0.15) is 0 Å². The third kappa shape index (κ3) is 3.77. The standard InChI is InChI=1S/C12H15Cl2NO3/c1-7(3-4-16)15-12(17)8-5-9(13)11(18-2)10(14)6-8/h5-7,16H,3-4H2,1-2H3,(H,15,17). The van der Waals surface area contributed by atoms with Gasteiger partial charge in [-0.15, -0.1) is 0 Å². The molecule has 0 radical (unpaired) electrons. The Labute approximate surface area is 116 Å². The largest absolute Gasteiger partial charge is 0.494 e. The lowest BCUT2D eigenvalue weighted by atomic mass is 10.1. The first kappa shape index (κ1) is 15.1. The van der Waals surface area contributed by atoms with E-state index in [0.717, 1.165) is 0 Å². The molecule has 1 atom stereocenters. The fraction of sp³-hybridized carbons (Fsp3) is 0.417. The minimum atomic E-state index is -0.289. The van der Waals surface area contributed by atoms with Crippen LogP contribution in [0.1, 0.15) is 23.7 Å². The Morgan fingerprint density at radius 1 is 1.44 bits per heavy atom. The van der Waals surface area contributed by atoms with Gasteiger partial charge in [0.05, 0.1) is 17.2 Å². The minimum absolute atomic E-state index is 0.0194. The lowest BCUT2D eigenvalue weighted by Gasteiger charge is -2.13. The number of carbonyl (C=O) groups is 1. The van der Waals surface area contributed by atoms with Crippen LogP contribution in [0.3, 0.4) is 0 Å². The average molecular weight is 292 g/mol. The number of methoxy groups -OCH3 is 1. The summed E-state index contributed by atoms with van der Waals surface area (Å²) in [5.74, 6) is 0.0562.